The van der Waals surface area contributed by atoms with Crippen LogP contribution in [0.3, 0.4) is 0 Å². The highest BCUT2D eigenvalue weighted by atomic mass is 79.9. The van der Waals surface area contributed by atoms with E-state index in [4.69, 9.17) is 16.3 Å². The lowest BCUT2D eigenvalue weighted by Crippen LogP contribution is -2.53. The number of rotatable bonds is 8. The second kappa shape index (κ2) is 14.1. The van der Waals surface area contributed by atoms with Gasteiger partial charge in [-0.25, -0.2) is 4.39 Å². The van der Waals surface area contributed by atoms with Gasteiger partial charge in [0, 0.05) is 22.0 Å². The summed E-state index contributed by atoms with van der Waals surface area (Å²) >= 11 is 13.6. The summed E-state index contributed by atoms with van der Waals surface area (Å²) in [5.41, 5.74) is 4.16. The summed E-state index contributed by atoms with van der Waals surface area (Å²) in [4.78, 5) is 60.1. The molecule has 0 bridgehead atoms. The van der Waals surface area contributed by atoms with Crippen molar-refractivity contribution in [2.75, 3.05) is 19.1 Å². The number of allylic oxidation sites excluding steroid dienone is 2. The smallest absolute Gasteiger partial charge is 0.260 e. The van der Waals surface area contributed by atoms with Crippen LogP contribution in [-0.4, -0.2) is 57.4 Å². The van der Waals surface area contributed by atoms with Gasteiger partial charge in [0.2, 0.25) is 11.8 Å². The molecule has 10 nitrogen and oxygen atoms in total. The van der Waals surface area contributed by atoms with Gasteiger partial charge in [0.05, 0.1) is 40.4 Å². The van der Waals surface area contributed by atoms with Crippen molar-refractivity contribution in [3.63, 3.8) is 0 Å². The Morgan fingerprint density at radius 2 is 1.60 bits per heavy atom. The van der Waals surface area contributed by atoms with E-state index in [9.17, 15) is 29.0 Å². The van der Waals surface area contributed by atoms with Gasteiger partial charge < -0.3 is 14.9 Å². The van der Waals surface area contributed by atoms with Crippen LogP contribution in [0.2, 0.25) is 5.02 Å². The van der Waals surface area contributed by atoms with Crippen molar-refractivity contribution in [3.05, 3.63) is 127 Å². The first-order valence-electron chi connectivity index (χ1n) is 17.6. The second-order valence-corrected chi connectivity index (χ2v) is 16.3. The van der Waals surface area contributed by atoms with E-state index in [1.165, 1.54) is 36.3 Å². The van der Waals surface area contributed by atoms with E-state index in [0.717, 1.165) is 10.6 Å². The Bertz CT molecular complexity index is 2290. The number of carbonyl (C=O) groups excluding carboxylic acids is 4. The number of hydrogen-bond acceptors (Lipinski definition) is 8. The molecule has 4 aliphatic rings. The fraction of sp³-hybridized carbons (Fsp3) is 0.268. The van der Waals surface area contributed by atoms with Crippen LogP contribution in [0.25, 0.3) is 0 Å². The number of likely N-dealkylation sites (tertiary alicyclic amines) is 1. The maximum Gasteiger partial charge on any atom is 0.260 e. The first kappa shape index (κ1) is 37.2. The second-order valence-electron chi connectivity index (χ2n) is 14.3. The molecule has 6 atom stereocenters. The van der Waals surface area contributed by atoms with Gasteiger partial charge in [0.1, 0.15) is 11.6 Å². The van der Waals surface area contributed by atoms with Crippen molar-refractivity contribution in [1.29, 1.82) is 0 Å². The largest absolute Gasteiger partial charge is 0.508 e. The number of carbonyl (C=O) groups is 4. The number of nitrogens with zero attached hydrogens (tertiary/aromatic N) is 2. The van der Waals surface area contributed by atoms with E-state index >= 15 is 4.79 Å². The Hall–Kier alpha value is -4.72. The number of halogens is 4. The van der Waals surface area contributed by atoms with Crippen LogP contribution in [-0.2, 0) is 31.0 Å². The zero-order valence-electron chi connectivity index (χ0n) is 29.1. The topological polar surface area (TPSA) is 136 Å². The minimum absolute atomic E-state index is 0.0666. The fourth-order valence-electron chi connectivity index (χ4n) is 9.17. The number of phenolic OH excluding ortho intramolecular Hbond substituents is 2. The molecule has 4 aromatic rings. The van der Waals surface area contributed by atoms with Crippen molar-refractivity contribution in [3.8, 4) is 17.2 Å². The monoisotopic (exact) mass is 891 g/mol. The fourth-order valence-corrected chi connectivity index (χ4v) is 10.2. The van der Waals surface area contributed by atoms with Gasteiger partial charge in [-0.2, -0.15) is 5.01 Å². The number of hydrazine groups is 1. The lowest BCUT2D eigenvalue weighted by molar-refractivity contribution is -0.141. The van der Waals surface area contributed by atoms with Gasteiger partial charge in [-0.05, 0) is 128 Å². The van der Waals surface area contributed by atoms with Crippen LogP contribution in [0.1, 0.15) is 35.4 Å². The van der Waals surface area contributed by atoms with Crippen LogP contribution in [0, 0.1) is 29.5 Å². The highest BCUT2D eigenvalue weighted by Crippen LogP contribution is 2.65. The number of methoxy groups -OCH3 is 1. The quantitative estimate of drug-likeness (QED) is 0.121. The molecule has 2 saturated heterocycles. The average Bonchev–Trinajstić information content (AvgIpc) is 3.55. The molecule has 14 heteroatoms. The molecule has 3 N–H and O–H groups in total. The molecule has 1 saturated carbocycles. The van der Waals surface area contributed by atoms with Crippen molar-refractivity contribution in [1.82, 2.24) is 9.91 Å². The van der Waals surface area contributed by atoms with Crippen LogP contribution in [0.15, 0.2) is 99.5 Å². The average molecular weight is 894 g/mol. The number of amides is 4. The van der Waals surface area contributed by atoms with Crippen LogP contribution >= 0.6 is 43.5 Å². The number of imide groups is 2. The molecule has 2 aliphatic heterocycles. The maximum atomic E-state index is 15.4. The molecule has 282 valence electrons. The van der Waals surface area contributed by atoms with Gasteiger partial charge in [-0.3, -0.25) is 29.5 Å². The van der Waals surface area contributed by atoms with Gasteiger partial charge in [-0.1, -0.05) is 47.5 Å². The Balaban J connectivity index is 1.30. The summed E-state index contributed by atoms with van der Waals surface area (Å²) in [6.07, 6.45) is 2.62. The molecular formula is C41H33Br2ClFN3O7. The Labute approximate surface area is 337 Å². The number of benzene rings is 4. The normalized spacial score (nSPS) is 25.8. The molecule has 0 radical (unpaired) electrons. The van der Waals surface area contributed by atoms with Gasteiger partial charge in [0.25, 0.3) is 11.8 Å². The van der Waals surface area contributed by atoms with Crippen molar-refractivity contribution < 1.29 is 38.5 Å². The van der Waals surface area contributed by atoms with Crippen LogP contribution < -0.4 is 10.2 Å². The van der Waals surface area contributed by atoms with E-state index in [2.05, 4.69) is 37.3 Å². The molecular weight excluding hydrogens is 861 g/mol. The van der Waals surface area contributed by atoms with E-state index in [0.29, 0.717) is 38.3 Å². The van der Waals surface area contributed by atoms with Crippen LogP contribution in [0.4, 0.5) is 10.1 Å². The number of anilines is 1. The number of nitrogens with one attached hydrogen (secondary N) is 1. The highest BCUT2D eigenvalue weighted by molar-refractivity contribution is 9.13. The third kappa shape index (κ3) is 5.85. The van der Waals surface area contributed by atoms with E-state index < -0.39 is 52.6 Å². The van der Waals surface area contributed by atoms with Crippen molar-refractivity contribution >= 4 is 72.8 Å². The third-order valence-electron chi connectivity index (χ3n) is 11.6. The van der Waals surface area contributed by atoms with E-state index in [1.54, 1.807) is 54.6 Å². The molecule has 2 aliphatic carbocycles. The first-order chi connectivity index (χ1) is 26.4. The van der Waals surface area contributed by atoms with E-state index in [-0.39, 0.29) is 52.9 Å². The molecule has 8 rings (SSSR count). The zero-order chi connectivity index (χ0) is 38.9. The lowest BCUT2D eigenvalue weighted by Gasteiger charge is -2.51. The predicted molar refractivity (Wildman–Crippen MR) is 208 cm³/mol. The number of phenols is 2. The summed E-state index contributed by atoms with van der Waals surface area (Å²) in [5, 5.41) is 22.1. The summed E-state index contributed by atoms with van der Waals surface area (Å²) in [7, 11) is 1.40. The summed E-state index contributed by atoms with van der Waals surface area (Å²) in [6, 6.07) is 20.2. The Morgan fingerprint density at radius 1 is 0.909 bits per heavy atom. The molecule has 4 amide bonds. The highest BCUT2D eigenvalue weighted by Gasteiger charge is 2.70. The van der Waals surface area contributed by atoms with E-state index in [1.807, 2.05) is 6.08 Å². The van der Waals surface area contributed by atoms with Crippen molar-refractivity contribution in [2.45, 2.75) is 30.6 Å². The third-order valence-corrected chi connectivity index (χ3v) is 14.0. The standard InChI is InChI=1S/C41H33Br2ClFN3O7/c1-55-31-19-29(34(42)35(43)36(31)50)33-26-14-15-27-32(39(53)47(37(27)51)17-16-20-2-12-25(49)13-3-20)28(26)18-30-38(52)48(46-24-10-8-23(45)9-11-24)40(54)41(30,33)21-4-6-22(44)7-5-21/h2-14,19,27-28,30,32-33,46,49-50H,15-18H2,1H3. The number of fused-ring (bicyclic) bond motifs is 4. The molecule has 55 heavy (non-hydrogen) atoms. The zero-order valence-corrected chi connectivity index (χ0v) is 33.1. The van der Waals surface area contributed by atoms with Gasteiger partial charge in [0.15, 0.2) is 11.5 Å². The summed E-state index contributed by atoms with van der Waals surface area (Å²) < 4.78 is 20.2. The molecule has 6 unspecified atom stereocenters. The molecule has 0 aromatic heterocycles. The first-order valence-corrected chi connectivity index (χ1v) is 19.6. The minimum atomic E-state index is -1.63. The Kier molecular flexibility index (Phi) is 9.54. The molecule has 3 fully saturated rings. The minimum Gasteiger partial charge on any atom is -0.508 e. The van der Waals surface area contributed by atoms with Gasteiger partial charge in [-0.15, -0.1) is 0 Å². The molecule has 4 aromatic carbocycles. The Morgan fingerprint density at radius 3 is 2.27 bits per heavy atom. The van der Waals surface area contributed by atoms with Crippen LogP contribution in [0.5, 0.6) is 17.2 Å². The molecule has 0 spiro atoms. The summed E-state index contributed by atoms with van der Waals surface area (Å²) in [6.45, 7) is 0.138. The maximum absolute atomic E-state index is 15.4. The number of aromatic hydroxyl groups is 2. The number of hydrogen-bond donors (Lipinski definition) is 3. The summed E-state index contributed by atoms with van der Waals surface area (Å²) in [5.74, 6) is -6.33. The van der Waals surface area contributed by atoms with Crippen molar-refractivity contribution in [2.24, 2.45) is 23.7 Å². The lowest BCUT2D eigenvalue weighted by atomic mass is 9.49. The van der Waals surface area contributed by atoms with Gasteiger partial charge >= 0.3 is 0 Å². The number of ether oxygens (including phenoxy) is 1. The SMILES string of the molecule is COc1cc(C2C3=CCC4C(=O)N(CCc5ccc(O)cc5)C(=O)C4C3CC3C(=O)N(Nc4ccc(F)cc4)C(=O)C32c2ccc(Cl)cc2)c(Br)c(Br)c1O. The molecule has 2 heterocycles. The predicted octanol–water partition coefficient (Wildman–Crippen LogP) is 7.65.